The molecule has 0 spiro atoms. The standard InChI is InChI=1S/C21H24N2O/c1-17-5-3-4-6-19(17)15-21(24-2)11-13-23(14-12-21)20-9-7-18(16-22)8-10-20/h3-10H,11-15H2,1-2H3. The Hall–Kier alpha value is -2.31. The van der Waals surface area contributed by atoms with E-state index in [4.69, 9.17) is 10.00 Å². The third-order valence-corrected chi connectivity index (χ3v) is 5.24. The van der Waals surface area contributed by atoms with Crippen molar-refractivity contribution in [3.8, 4) is 6.07 Å². The number of rotatable bonds is 4. The summed E-state index contributed by atoms with van der Waals surface area (Å²) in [7, 11) is 1.84. The summed E-state index contributed by atoms with van der Waals surface area (Å²) in [6, 6.07) is 18.6. The van der Waals surface area contributed by atoms with Gasteiger partial charge in [0.1, 0.15) is 0 Å². The molecule has 1 aliphatic heterocycles. The number of benzene rings is 2. The maximum atomic E-state index is 8.92. The number of nitrogens with zero attached hydrogens (tertiary/aromatic N) is 2. The number of nitriles is 1. The van der Waals surface area contributed by atoms with Gasteiger partial charge in [-0.3, -0.25) is 0 Å². The summed E-state index contributed by atoms with van der Waals surface area (Å²) in [5.74, 6) is 0. The first kappa shape index (κ1) is 16.5. The van der Waals surface area contributed by atoms with Crippen molar-refractivity contribution in [3.63, 3.8) is 0 Å². The van der Waals surface area contributed by atoms with E-state index in [2.05, 4.69) is 42.2 Å². The zero-order valence-electron chi connectivity index (χ0n) is 14.5. The summed E-state index contributed by atoms with van der Waals surface area (Å²) in [5.41, 5.74) is 4.54. The molecule has 1 heterocycles. The number of hydrogen-bond acceptors (Lipinski definition) is 3. The Labute approximate surface area is 144 Å². The van der Waals surface area contributed by atoms with Gasteiger partial charge < -0.3 is 9.64 Å². The Morgan fingerprint density at radius 3 is 2.33 bits per heavy atom. The van der Waals surface area contributed by atoms with E-state index >= 15 is 0 Å². The predicted octanol–water partition coefficient (Wildman–Crippen LogP) is 4.09. The number of ether oxygens (including phenoxy) is 1. The molecule has 3 heteroatoms. The highest BCUT2D eigenvalue weighted by atomic mass is 16.5. The summed E-state index contributed by atoms with van der Waals surface area (Å²) in [6.07, 6.45) is 2.99. The Balaban J connectivity index is 1.69. The lowest BCUT2D eigenvalue weighted by Gasteiger charge is -2.42. The number of hydrogen-bond donors (Lipinski definition) is 0. The minimum Gasteiger partial charge on any atom is -0.378 e. The van der Waals surface area contributed by atoms with E-state index < -0.39 is 0 Å². The van der Waals surface area contributed by atoms with E-state index in [0.29, 0.717) is 5.56 Å². The molecule has 1 saturated heterocycles. The van der Waals surface area contributed by atoms with Crippen LogP contribution >= 0.6 is 0 Å². The molecule has 3 rings (SSSR count). The van der Waals surface area contributed by atoms with Crippen molar-refractivity contribution in [2.24, 2.45) is 0 Å². The fourth-order valence-electron chi connectivity index (χ4n) is 3.53. The van der Waals surface area contributed by atoms with Crippen LogP contribution in [0.3, 0.4) is 0 Å². The van der Waals surface area contributed by atoms with E-state index in [9.17, 15) is 0 Å². The molecule has 124 valence electrons. The summed E-state index contributed by atoms with van der Waals surface area (Å²) < 4.78 is 5.99. The number of aryl methyl sites for hydroxylation is 1. The largest absolute Gasteiger partial charge is 0.378 e. The van der Waals surface area contributed by atoms with Gasteiger partial charge in [0.15, 0.2) is 0 Å². The average molecular weight is 320 g/mol. The minimum atomic E-state index is -0.0742. The monoisotopic (exact) mass is 320 g/mol. The van der Waals surface area contributed by atoms with Gasteiger partial charge in [0.05, 0.1) is 17.2 Å². The maximum absolute atomic E-state index is 8.92. The number of piperidine rings is 1. The molecule has 0 saturated carbocycles. The molecule has 2 aromatic rings. The average Bonchev–Trinajstić information content (AvgIpc) is 2.64. The van der Waals surface area contributed by atoms with Crippen molar-refractivity contribution in [2.45, 2.75) is 31.8 Å². The SMILES string of the molecule is COC1(Cc2ccccc2C)CCN(c2ccc(C#N)cc2)CC1. The topological polar surface area (TPSA) is 36.3 Å². The molecular formula is C21H24N2O. The first-order chi connectivity index (χ1) is 11.7. The lowest BCUT2D eigenvalue weighted by molar-refractivity contribution is -0.0290. The van der Waals surface area contributed by atoms with E-state index in [1.807, 2.05) is 31.4 Å². The molecule has 24 heavy (non-hydrogen) atoms. The third kappa shape index (κ3) is 3.44. The van der Waals surface area contributed by atoms with Crippen molar-refractivity contribution >= 4 is 5.69 Å². The first-order valence-electron chi connectivity index (χ1n) is 8.50. The van der Waals surface area contributed by atoms with Gasteiger partial charge in [0, 0.05) is 32.3 Å². The predicted molar refractivity (Wildman–Crippen MR) is 97.2 cm³/mol. The van der Waals surface area contributed by atoms with Gasteiger partial charge in [-0.05, 0) is 55.2 Å². The van der Waals surface area contributed by atoms with Crippen LogP contribution in [0.5, 0.6) is 0 Å². The zero-order chi connectivity index (χ0) is 17.0. The Morgan fingerprint density at radius 1 is 1.08 bits per heavy atom. The van der Waals surface area contributed by atoms with Gasteiger partial charge >= 0.3 is 0 Å². The van der Waals surface area contributed by atoms with Gasteiger partial charge in [0.2, 0.25) is 0 Å². The molecule has 1 aliphatic rings. The third-order valence-electron chi connectivity index (χ3n) is 5.24. The van der Waals surface area contributed by atoms with Crippen LogP contribution in [0.2, 0.25) is 0 Å². The Kier molecular flexibility index (Phi) is 4.87. The second-order valence-electron chi connectivity index (χ2n) is 6.64. The molecule has 0 unspecified atom stereocenters. The number of methoxy groups -OCH3 is 1. The van der Waals surface area contributed by atoms with Gasteiger partial charge in [-0.15, -0.1) is 0 Å². The highest BCUT2D eigenvalue weighted by molar-refractivity contribution is 5.50. The van der Waals surface area contributed by atoms with Crippen LogP contribution in [0.15, 0.2) is 48.5 Å². The first-order valence-corrected chi connectivity index (χ1v) is 8.50. The fraction of sp³-hybridized carbons (Fsp3) is 0.381. The smallest absolute Gasteiger partial charge is 0.0991 e. The van der Waals surface area contributed by atoms with E-state index in [1.165, 1.54) is 16.8 Å². The molecule has 0 aromatic heterocycles. The van der Waals surface area contributed by atoms with Gasteiger partial charge in [-0.2, -0.15) is 5.26 Å². The van der Waals surface area contributed by atoms with Crippen molar-refractivity contribution in [2.75, 3.05) is 25.1 Å². The summed E-state index contributed by atoms with van der Waals surface area (Å²) in [5, 5.41) is 8.92. The summed E-state index contributed by atoms with van der Waals surface area (Å²) >= 11 is 0. The van der Waals surface area contributed by atoms with Crippen LogP contribution in [0.4, 0.5) is 5.69 Å². The molecule has 0 bridgehead atoms. The molecular weight excluding hydrogens is 296 g/mol. The van der Waals surface area contributed by atoms with Crippen molar-refractivity contribution in [1.29, 1.82) is 5.26 Å². The zero-order valence-corrected chi connectivity index (χ0v) is 14.5. The molecule has 0 N–H and O–H groups in total. The molecule has 2 aromatic carbocycles. The van der Waals surface area contributed by atoms with E-state index in [0.717, 1.165) is 32.4 Å². The normalized spacial score (nSPS) is 16.6. The quantitative estimate of drug-likeness (QED) is 0.851. The molecule has 1 fully saturated rings. The van der Waals surface area contributed by atoms with Crippen molar-refractivity contribution < 1.29 is 4.74 Å². The molecule has 0 atom stereocenters. The highest BCUT2D eigenvalue weighted by Gasteiger charge is 2.35. The lowest BCUT2D eigenvalue weighted by Crippen LogP contribution is -2.47. The second-order valence-corrected chi connectivity index (χ2v) is 6.64. The molecule has 0 aliphatic carbocycles. The van der Waals surface area contributed by atoms with Gasteiger partial charge in [0.25, 0.3) is 0 Å². The Bertz CT molecular complexity index is 722. The van der Waals surface area contributed by atoms with Crippen molar-refractivity contribution in [3.05, 3.63) is 65.2 Å². The highest BCUT2D eigenvalue weighted by Crippen LogP contribution is 2.32. The van der Waals surface area contributed by atoms with Gasteiger partial charge in [-0.1, -0.05) is 24.3 Å². The van der Waals surface area contributed by atoms with Gasteiger partial charge in [-0.25, -0.2) is 0 Å². The number of anilines is 1. The van der Waals surface area contributed by atoms with Crippen LogP contribution < -0.4 is 4.90 Å². The van der Waals surface area contributed by atoms with Crippen molar-refractivity contribution in [1.82, 2.24) is 0 Å². The Morgan fingerprint density at radius 2 is 1.75 bits per heavy atom. The van der Waals surface area contributed by atoms with Crippen LogP contribution in [-0.4, -0.2) is 25.8 Å². The van der Waals surface area contributed by atoms with Crippen LogP contribution in [0.25, 0.3) is 0 Å². The fourth-order valence-corrected chi connectivity index (χ4v) is 3.53. The summed E-state index contributed by atoms with van der Waals surface area (Å²) in [6.45, 7) is 4.13. The van der Waals surface area contributed by atoms with Crippen LogP contribution in [-0.2, 0) is 11.2 Å². The molecule has 0 radical (unpaired) electrons. The lowest BCUT2D eigenvalue weighted by atomic mass is 9.83. The molecule has 3 nitrogen and oxygen atoms in total. The second kappa shape index (κ2) is 7.07. The minimum absolute atomic E-state index is 0.0742. The van der Waals surface area contributed by atoms with E-state index in [1.54, 1.807) is 0 Å². The maximum Gasteiger partial charge on any atom is 0.0991 e. The van der Waals surface area contributed by atoms with Crippen LogP contribution in [0.1, 0.15) is 29.5 Å². The summed E-state index contributed by atoms with van der Waals surface area (Å²) in [4.78, 5) is 2.39. The van der Waals surface area contributed by atoms with E-state index in [-0.39, 0.29) is 5.60 Å². The molecule has 0 amide bonds. The van der Waals surface area contributed by atoms with Crippen LogP contribution in [0, 0.1) is 18.3 Å².